The minimum atomic E-state index is -0.447. The molecular formula is C24H32N4O5. The monoisotopic (exact) mass is 456 g/mol. The van der Waals surface area contributed by atoms with Crippen molar-refractivity contribution >= 4 is 23.5 Å². The number of non-ortho nitro benzene ring substituents is 1. The number of benzene rings is 1. The smallest absolute Gasteiger partial charge is 0.327 e. The Morgan fingerprint density at radius 3 is 2.58 bits per heavy atom. The van der Waals surface area contributed by atoms with Crippen molar-refractivity contribution in [3.8, 4) is 0 Å². The molecule has 4 amide bonds. The molecule has 0 spiro atoms. The Morgan fingerprint density at radius 2 is 1.82 bits per heavy atom. The molecular weight excluding hydrogens is 424 g/mol. The molecule has 1 saturated heterocycles. The maximum atomic E-state index is 13.4. The number of hydrogen-bond acceptors (Lipinski definition) is 5. The lowest BCUT2D eigenvalue weighted by Gasteiger charge is -2.47. The van der Waals surface area contributed by atoms with Crippen molar-refractivity contribution in [2.24, 2.45) is 5.92 Å². The van der Waals surface area contributed by atoms with E-state index in [1.54, 1.807) is 17.0 Å². The van der Waals surface area contributed by atoms with E-state index in [2.05, 4.69) is 5.32 Å². The molecule has 2 unspecified atom stereocenters. The summed E-state index contributed by atoms with van der Waals surface area (Å²) in [6.45, 7) is 0.442. The molecule has 1 N–H and O–H groups in total. The van der Waals surface area contributed by atoms with E-state index in [0.717, 1.165) is 51.4 Å². The van der Waals surface area contributed by atoms with E-state index in [-0.39, 0.29) is 61.0 Å². The molecule has 178 valence electrons. The maximum absolute atomic E-state index is 13.4. The molecule has 9 nitrogen and oxygen atoms in total. The number of rotatable bonds is 8. The predicted octanol–water partition coefficient (Wildman–Crippen LogP) is 3.76. The molecule has 1 aromatic carbocycles. The molecule has 2 saturated carbocycles. The normalized spacial score (nSPS) is 23.5. The van der Waals surface area contributed by atoms with Gasteiger partial charge in [0.25, 0.3) is 5.69 Å². The van der Waals surface area contributed by atoms with Gasteiger partial charge in [-0.05, 0) is 37.7 Å². The lowest BCUT2D eigenvalue weighted by Crippen LogP contribution is -2.62. The lowest BCUT2D eigenvalue weighted by molar-refractivity contribution is -0.384. The number of hydrogen-bond donors (Lipinski definition) is 1. The van der Waals surface area contributed by atoms with Crippen LogP contribution in [-0.4, -0.2) is 51.2 Å². The molecule has 2 atom stereocenters. The number of nitrogens with zero attached hydrogens (tertiary/aromatic N) is 3. The Labute approximate surface area is 193 Å². The topological polar surface area (TPSA) is 113 Å². The highest BCUT2D eigenvalue weighted by Gasteiger charge is 2.46. The predicted molar refractivity (Wildman–Crippen MR) is 121 cm³/mol. The van der Waals surface area contributed by atoms with Gasteiger partial charge in [-0.3, -0.25) is 24.6 Å². The lowest BCUT2D eigenvalue weighted by atomic mass is 9.81. The first-order valence-corrected chi connectivity index (χ1v) is 12.1. The third-order valence-electron chi connectivity index (χ3n) is 7.17. The van der Waals surface area contributed by atoms with Crippen LogP contribution in [0.5, 0.6) is 0 Å². The third kappa shape index (κ3) is 5.34. The Hall–Kier alpha value is -2.97. The number of nitro benzene ring substituents is 1. The van der Waals surface area contributed by atoms with Crippen LogP contribution in [0.4, 0.5) is 10.5 Å². The quantitative estimate of drug-likeness (QED) is 0.473. The fourth-order valence-corrected chi connectivity index (χ4v) is 5.49. The molecule has 9 heteroatoms. The maximum Gasteiger partial charge on any atom is 0.327 e. The van der Waals surface area contributed by atoms with Gasteiger partial charge in [-0.25, -0.2) is 4.79 Å². The van der Waals surface area contributed by atoms with Crippen molar-refractivity contribution in [3.05, 3.63) is 39.9 Å². The summed E-state index contributed by atoms with van der Waals surface area (Å²) < 4.78 is 0. The average molecular weight is 457 g/mol. The van der Waals surface area contributed by atoms with E-state index >= 15 is 0 Å². The summed E-state index contributed by atoms with van der Waals surface area (Å²) >= 11 is 0. The first-order chi connectivity index (χ1) is 15.9. The van der Waals surface area contributed by atoms with Gasteiger partial charge in [-0.2, -0.15) is 0 Å². The minimum absolute atomic E-state index is 0.0154. The van der Waals surface area contributed by atoms with Gasteiger partial charge in [0.15, 0.2) is 0 Å². The van der Waals surface area contributed by atoms with Crippen LogP contribution in [0, 0.1) is 16.0 Å². The number of fused-ring (bicyclic) bond motifs is 1. The van der Waals surface area contributed by atoms with Crippen LogP contribution in [0.25, 0.3) is 0 Å². The first kappa shape index (κ1) is 23.2. The van der Waals surface area contributed by atoms with Crippen molar-refractivity contribution < 1.29 is 19.3 Å². The van der Waals surface area contributed by atoms with Gasteiger partial charge in [0, 0.05) is 43.7 Å². The Balaban J connectivity index is 1.43. The van der Waals surface area contributed by atoms with E-state index in [0.29, 0.717) is 12.0 Å². The molecule has 1 aliphatic heterocycles. The van der Waals surface area contributed by atoms with Crippen LogP contribution in [0.3, 0.4) is 0 Å². The molecule has 2 aliphatic carbocycles. The molecule has 0 aromatic heterocycles. The second-order valence-corrected chi connectivity index (χ2v) is 9.44. The first-order valence-electron chi connectivity index (χ1n) is 12.1. The van der Waals surface area contributed by atoms with Gasteiger partial charge in [-0.1, -0.05) is 37.8 Å². The molecule has 1 heterocycles. The molecule has 1 aromatic rings. The van der Waals surface area contributed by atoms with Gasteiger partial charge < -0.3 is 10.2 Å². The zero-order chi connectivity index (χ0) is 23.4. The van der Waals surface area contributed by atoms with Gasteiger partial charge in [0.05, 0.1) is 10.8 Å². The van der Waals surface area contributed by atoms with Crippen LogP contribution in [0.2, 0.25) is 0 Å². The van der Waals surface area contributed by atoms with Crippen molar-refractivity contribution in [3.63, 3.8) is 0 Å². The number of imide groups is 1. The highest BCUT2D eigenvalue weighted by atomic mass is 16.6. The van der Waals surface area contributed by atoms with E-state index < -0.39 is 4.92 Å². The van der Waals surface area contributed by atoms with Gasteiger partial charge in [0.2, 0.25) is 11.8 Å². The molecule has 0 bridgehead atoms. The van der Waals surface area contributed by atoms with Crippen LogP contribution in [-0.2, 0) is 16.1 Å². The van der Waals surface area contributed by atoms with E-state index in [1.807, 2.05) is 0 Å². The Morgan fingerprint density at radius 1 is 1.09 bits per heavy atom. The fourth-order valence-electron chi connectivity index (χ4n) is 5.49. The van der Waals surface area contributed by atoms with Crippen LogP contribution < -0.4 is 5.32 Å². The SMILES string of the molecule is O=C(CCCN1C(=O)C2CCCCC2N(Cc2cccc([N+](=O)[O-])c2)C1=O)NC1CCCC1. The number of carbonyl (C=O) groups excluding carboxylic acids is 3. The Kier molecular flexibility index (Phi) is 7.25. The van der Waals surface area contributed by atoms with Crippen molar-refractivity contribution in [2.75, 3.05) is 6.54 Å². The summed E-state index contributed by atoms with van der Waals surface area (Å²) in [7, 11) is 0. The summed E-state index contributed by atoms with van der Waals surface area (Å²) in [5.74, 6) is -0.415. The van der Waals surface area contributed by atoms with Crippen LogP contribution in [0.15, 0.2) is 24.3 Å². The molecule has 0 radical (unpaired) electrons. The van der Waals surface area contributed by atoms with Gasteiger partial charge >= 0.3 is 6.03 Å². The highest BCUT2D eigenvalue weighted by Crippen LogP contribution is 2.35. The molecule has 4 rings (SSSR count). The summed E-state index contributed by atoms with van der Waals surface area (Å²) in [4.78, 5) is 52.5. The van der Waals surface area contributed by atoms with E-state index in [4.69, 9.17) is 0 Å². The largest absolute Gasteiger partial charge is 0.353 e. The summed E-state index contributed by atoms with van der Waals surface area (Å²) in [6, 6.07) is 6.02. The zero-order valence-electron chi connectivity index (χ0n) is 18.9. The molecule has 3 fully saturated rings. The number of amides is 4. The van der Waals surface area contributed by atoms with Crippen LogP contribution in [0.1, 0.15) is 69.8 Å². The second kappa shape index (κ2) is 10.3. The molecule has 33 heavy (non-hydrogen) atoms. The van der Waals surface area contributed by atoms with Gasteiger partial charge in [-0.15, -0.1) is 0 Å². The minimum Gasteiger partial charge on any atom is -0.353 e. The summed E-state index contributed by atoms with van der Waals surface area (Å²) in [5, 5.41) is 14.2. The van der Waals surface area contributed by atoms with Crippen molar-refractivity contribution in [1.82, 2.24) is 15.1 Å². The van der Waals surface area contributed by atoms with E-state index in [9.17, 15) is 24.5 Å². The fraction of sp³-hybridized carbons (Fsp3) is 0.625. The van der Waals surface area contributed by atoms with Crippen molar-refractivity contribution in [2.45, 2.75) is 82.8 Å². The standard InChI is InChI=1S/C24H32N4O5/c29-22(25-18-8-1-2-9-18)13-6-14-26-23(30)20-11-3-4-12-21(20)27(24(26)31)16-17-7-5-10-19(15-17)28(32)33/h5,7,10,15,18,20-21H,1-4,6,8-9,11-14,16H2,(H,25,29). The zero-order valence-corrected chi connectivity index (χ0v) is 18.9. The number of carbonyl (C=O) groups is 3. The number of nitro groups is 1. The summed E-state index contributed by atoms with van der Waals surface area (Å²) in [5.41, 5.74) is 0.658. The second-order valence-electron chi connectivity index (χ2n) is 9.44. The summed E-state index contributed by atoms with van der Waals surface area (Å²) in [6.07, 6.45) is 8.43. The van der Waals surface area contributed by atoms with Crippen molar-refractivity contribution in [1.29, 1.82) is 0 Å². The van der Waals surface area contributed by atoms with Gasteiger partial charge in [0.1, 0.15) is 0 Å². The van der Waals surface area contributed by atoms with E-state index in [1.165, 1.54) is 17.0 Å². The third-order valence-corrected chi connectivity index (χ3v) is 7.17. The number of nitrogens with one attached hydrogen (secondary N) is 1. The average Bonchev–Trinajstić information content (AvgIpc) is 3.32. The highest BCUT2D eigenvalue weighted by molar-refractivity contribution is 5.98. The molecule has 3 aliphatic rings. The number of urea groups is 1. The van der Waals surface area contributed by atoms with Crippen LogP contribution >= 0.6 is 0 Å². The Bertz CT molecular complexity index is 914.